The van der Waals surface area contributed by atoms with Crippen LogP contribution < -0.4 is 5.32 Å². The Morgan fingerprint density at radius 1 is 1.32 bits per heavy atom. The Hall–Kier alpha value is -0.120. The Labute approximate surface area is 120 Å². The molecule has 2 atom stereocenters. The van der Waals surface area contributed by atoms with Gasteiger partial charge in [0.25, 0.3) is 0 Å². The summed E-state index contributed by atoms with van der Waals surface area (Å²) in [4.78, 5) is 5.04. The minimum atomic E-state index is 0.354. The molecule has 114 valence electrons. The smallest absolute Gasteiger partial charge is 0.0217 e. The third-order valence-electron chi connectivity index (χ3n) is 4.44. The molecule has 1 fully saturated rings. The molecule has 0 aromatic carbocycles. The second kappa shape index (κ2) is 7.61. The molecule has 0 aromatic rings. The Kier molecular flexibility index (Phi) is 6.78. The number of piperidine rings is 1. The first-order chi connectivity index (χ1) is 8.84. The SMILES string of the molecule is CCNC(CCN1CCCC(N(C)C)C1)C(C)(C)C. The van der Waals surface area contributed by atoms with Crippen molar-refractivity contribution < 1.29 is 0 Å². The number of nitrogens with zero attached hydrogens (tertiary/aromatic N) is 2. The number of nitrogens with one attached hydrogen (secondary N) is 1. The van der Waals surface area contributed by atoms with Gasteiger partial charge in [-0.15, -0.1) is 0 Å². The maximum Gasteiger partial charge on any atom is 0.0217 e. The van der Waals surface area contributed by atoms with Crippen molar-refractivity contribution in [2.24, 2.45) is 5.41 Å². The van der Waals surface area contributed by atoms with Gasteiger partial charge >= 0.3 is 0 Å². The van der Waals surface area contributed by atoms with Crippen LogP contribution in [0.4, 0.5) is 0 Å². The maximum atomic E-state index is 3.66. The third kappa shape index (κ3) is 5.80. The second-order valence-electron chi connectivity index (χ2n) is 7.33. The summed E-state index contributed by atoms with van der Waals surface area (Å²) < 4.78 is 0. The Balaban J connectivity index is 2.41. The number of rotatable bonds is 6. The van der Waals surface area contributed by atoms with Crippen molar-refractivity contribution in [3.8, 4) is 0 Å². The van der Waals surface area contributed by atoms with E-state index in [0.717, 1.165) is 12.6 Å². The summed E-state index contributed by atoms with van der Waals surface area (Å²) in [6, 6.07) is 1.37. The molecule has 0 spiro atoms. The van der Waals surface area contributed by atoms with E-state index < -0.39 is 0 Å². The molecule has 3 nitrogen and oxygen atoms in total. The van der Waals surface area contributed by atoms with Gasteiger partial charge in [-0.05, 0) is 58.4 Å². The first-order valence-electron chi connectivity index (χ1n) is 7.96. The molecule has 1 saturated heterocycles. The fraction of sp³-hybridized carbons (Fsp3) is 1.00. The molecular formula is C16H35N3. The highest BCUT2D eigenvalue weighted by molar-refractivity contribution is 4.83. The molecule has 1 aliphatic heterocycles. The third-order valence-corrected chi connectivity index (χ3v) is 4.44. The van der Waals surface area contributed by atoms with Crippen LogP contribution in [0, 0.1) is 5.41 Å². The summed E-state index contributed by atoms with van der Waals surface area (Å²) in [6.45, 7) is 14.1. The van der Waals surface area contributed by atoms with Gasteiger partial charge in [-0.2, -0.15) is 0 Å². The predicted molar refractivity (Wildman–Crippen MR) is 84.7 cm³/mol. The lowest BCUT2D eigenvalue weighted by Gasteiger charge is -2.38. The molecule has 2 unspecified atom stereocenters. The normalized spacial score (nSPS) is 23.8. The van der Waals surface area contributed by atoms with E-state index >= 15 is 0 Å². The van der Waals surface area contributed by atoms with Crippen LogP contribution in [-0.2, 0) is 0 Å². The number of hydrogen-bond acceptors (Lipinski definition) is 3. The van der Waals surface area contributed by atoms with E-state index in [1.165, 1.54) is 38.9 Å². The van der Waals surface area contributed by atoms with Gasteiger partial charge in [0.1, 0.15) is 0 Å². The molecule has 0 aromatic heterocycles. The summed E-state index contributed by atoms with van der Waals surface area (Å²) >= 11 is 0. The summed E-state index contributed by atoms with van der Waals surface area (Å²) in [5.74, 6) is 0. The summed E-state index contributed by atoms with van der Waals surface area (Å²) in [7, 11) is 4.43. The molecule has 1 rings (SSSR count). The fourth-order valence-corrected chi connectivity index (χ4v) is 3.06. The quantitative estimate of drug-likeness (QED) is 0.799. The zero-order valence-corrected chi connectivity index (χ0v) is 14.0. The van der Waals surface area contributed by atoms with Gasteiger partial charge in [0.15, 0.2) is 0 Å². The van der Waals surface area contributed by atoms with Crippen LogP contribution in [0.1, 0.15) is 47.0 Å². The fourth-order valence-electron chi connectivity index (χ4n) is 3.06. The standard InChI is InChI=1S/C16H35N3/c1-7-17-15(16(2,3)4)10-12-19-11-8-9-14(13-19)18(5)6/h14-15,17H,7-13H2,1-6H3. The average molecular weight is 269 g/mol. The maximum absolute atomic E-state index is 3.66. The van der Waals surface area contributed by atoms with Crippen molar-refractivity contribution in [3.63, 3.8) is 0 Å². The minimum Gasteiger partial charge on any atom is -0.314 e. The van der Waals surface area contributed by atoms with Gasteiger partial charge in [0.05, 0.1) is 0 Å². The van der Waals surface area contributed by atoms with E-state index in [1.54, 1.807) is 0 Å². The van der Waals surface area contributed by atoms with E-state index in [2.05, 4.69) is 56.9 Å². The summed E-state index contributed by atoms with van der Waals surface area (Å²) in [5.41, 5.74) is 0.354. The highest BCUT2D eigenvalue weighted by atomic mass is 15.2. The second-order valence-corrected chi connectivity index (χ2v) is 7.33. The minimum absolute atomic E-state index is 0.354. The van der Waals surface area contributed by atoms with Gasteiger partial charge < -0.3 is 15.1 Å². The van der Waals surface area contributed by atoms with Crippen LogP contribution in [-0.4, -0.2) is 62.2 Å². The molecule has 19 heavy (non-hydrogen) atoms. The van der Waals surface area contributed by atoms with Crippen LogP contribution in [0.2, 0.25) is 0 Å². The highest BCUT2D eigenvalue weighted by Gasteiger charge is 2.26. The molecule has 3 heteroatoms. The Morgan fingerprint density at radius 3 is 2.53 bits per heavy atom. The van der Waals surface area contributed by atoms with E-state index in [0.29, 0.717) is 11.5 Å². The van der Waals surface area contributed by atoms with Gasteiger partial charge in [-0.1, -0.05) is 27.7 Å². The number of hydrogen-bond donors (Lipinski definition) is 1. The van der Waals surface area contributed by atoms with Gasteiger partial charge in [0, 0.05) is 18.6 Å². The monoisotopic (exact) mass is 269 g/mol. The molecule has 0 saturated carbocycles. The number of likely N-dealkylation sites (N-methyl/N-ethyl adjacent to an activating group) is 1. The lowest BCUT2D eigenvalue weighted by Crippen LogP contribution is -2.48. The lowest BCUT2D eigenvalue weighted by molar-refractivity contribution is 0.121. The van der Waals surface area contributed by atoms with Crippen molar-refractivity contribution in [1.82, 2.24) is 15.1 Å². The highest BCUT2D eigenvalue weighted by Crippen LogP contribution is 2.23. The van der Waals surface area contributed by atoms with Crippen LogP contribution in [0.25, 0.3) is 0 Å². The summed E-state index contributed by atoms with van der Waals surface area (Å²) in [5, 5.41) is 3.66. The molecule has 0 radical (unpaired) electrons. The molecule has 0 bridgehead atoms. The van der Waals surface area contributed by atoms with Crippen LogP contribution in [0.3, 0.4) is 0 Å². The van der Waals surface area contributed by atoms with E-state index in [9.17, 15) is 0 Å². The van der Waals surface area contributed by atoms with E-state index in [4.69, 9.17) is 0 Å². The van der Waals surface area contributed by atoms with E-state index in [1.807, 2.05) is 0 Å². The summed E-state index contributed by atoms with van der Waals surface area (Å²) in [6.07, 6.45) is 3.97. The lowest BCUT2D eigenvalue weighted by atomic mass is 9.84. The van der Waals surface area contributed by atoms with Crippen molar-refractivity contribution >= 4 is 0 Å². The number of likely N-dealkylation sites (tertiary alicyclic amines) is 1. The predicted octanol–water partition coefficient (Wildman–Crippen LogP) is 2.43. The van der Waals surface area contributed by atoms with Gasteiger partial charge in [-0.3, -0.25) is 0 Å². The molecule has 1 heterocycles. The Morgan fingerprint density at radius 2 is 2.00 bits per heavy atom. The van der Waals surface area contributed by atoms with Crippen molar-refractivity contribution in [2.75, 3.05) is 40.3 Å². The van der Waals surface area contributed by atoms with Crippen LogP contribution in [0.15, 0.2) is 0 Å². The first-order valence-corrected chi connectivity index (χ1v) is 7.96. The molecule has 0 amide bonds. The Bertz CT molecular complexity index is 245. The largest absolute Gasteiger partial charge is 0.314 e. The molecule has 0 aliphatic carbocycles. The molecular weight excluding hydrogens is 234 g/mol. The van der Waals surface area contributed by atoms with Crippen molar-refractivity contribution in [2.45, 2.75) is 59.0 Å². The first kappa shape index (κ1) is 16.9. The van der Waals surface area contributed by atoms with Crippen molar-refractivity contribution in [1.29, 1.82) is 0 Å². The molecule has 1 aliphatic rings. The van der Waals surface area contributed by atoms with Gasteiger partial charge in [-0.25, -0.2) is 0 Å². The molecule has 1 N–H and O–H groups in total. The van der Waals surface area contributed by atoms with Gasteiger partial charge in [0.2, 0.25) is 0 Å². The zero-order chi connectivity index (χ0) is 14.5. The van der Waals surface area contributed by atoms with Crippen molar-refractivity contribution in [3.05, 3.63) is 0 Å². The zero-order valence-electron chi connectivity index (χ0n) is 14.0. The van der Waals surface area contributed by atoms with Crippen LogP contribution in [0.5, 0.6) is 0 Å². The topological polar surface area (TPSA) is 18.5 Å². The average Bonchev–Trinajstić information content (AvgIpc) is 2.33. The van der Waals surface area contributed by atoms with Crippen LogP contribution >= 0.6 is 0 Å². The van der Waals surface area contributed by atoms with E-state index in [-0.39, 0.29) is 0 Å².